The summed E-state index contributed by atoms with van der Waals surface area (Å²) in [4.78, 5) is 29.6. The van der Waals surface area contributed by atoms with Gasteiger partial charge in [-0.3, -0.25) is 0 Å². The zero-order valence-corrected chi connectivity index (χ0v) is 23.6. The van der Waals surface area contributed by atoms with Crippen molar-refractivity contribution in [3.05, 3.63) is 71.3 Å². The molecule has 9 heteroatoms. The van der Waals surface area contributed by atoms with Gasteiger partial charge in [-0.1, -0.05) is 42.5 Å². The maximum Gasteiger partial charge on any atom is 0.407 e. The number of hydrogen-bond donors (Lipinski definition) is 1. The molecule has 1 atom stereocenters. The quantitative estimate of drug-likeness (QED) is 0.358. The smallest absolute Gasteiger partial charge is 0.407 e. The summed E-state index contributed by atoms with van der Waals surface area (Å²) in [5.41, 5.74) is 1.73. The van der Waals surface area contributed by atoms with E-state index in [1.54, 1.807) is 17.2 Å². The van der Waals surface area contributed by atoms with Crippen LogP contribution in [0.2, 0.25) is 0 Å². The first kappa shape index (κ1) is 30.6. The molecule has 0 aliphatic carbocycles. The second-order valence-electron chi connectivity index (χ2n) is 10.9. The normalized spacial score (nSPS) is 17.9. The lowest BCUT2D eigenvalue weighted by Crippen LogP contribution is -2.48. The van der Waals surface area contributed by atoms with Crippen LogP contribution in [0.1, 0.15) is 62.0 Å². The van der Waals surface area contributed by atoms with Gasteiger partial charge in [-0.25, -0.2) is 9.59 Å². The Balaban J connectivity index is 1.27. The third-order valence-electron chi connectivity index (χ3n) is 6.00. The SMILES string of the molecule is CC(C)(C)OC(=O)NCCOCc1ccc(COCCO[C@]2(C)CCCN(OC(=O)c3ccccc3)C2)cc1. The summed E-state index contributed by atoms with van der Waals surface area (Å²) in [7, 11) is 0. The van der Waals surface area contributed by atoms with Crippen molar-refractivity contribution in [1.29, 1.82) is 0 Å². The van der Waals surface area contributed by atoms with Gasteiger partial charge in [-0.2, -0.15) is 0 Å². The van der Waals surface area contributed by atoms with Gasteiger partial charge in [0.2, 0.25) is 0 Å². The number of alkyl carbamates (subject to hydrolysis) is 1. The van der Waals surface area contributed by atoms with E-state index in [9.17, 15) is 9.59 Å². The van der Waals surface area contributed by atoms with Crippen LogP contribution in [-0.2, 0) is 37.0 Å². The predicted octanol–water partition coefficient (Wildman–Crippen LogP) is 4.89. The van der Waals surface area contributed by atoms with Crippen molar-refractivity contribution in [3.63, 3.8) is 0 Å². The fourth-order valence-corrected chi connectivity index (χ4v) is 4.10. The van der Waals surface area contributed by atoms with E-state index in [0.29, 0.717) is 58.2 Å². The van der Waals surface area contributed by atoms with Crippen molar-refractivity contribution < 1.29 is 33.4 Å². The first-order valence-electron chi connectivity index (χ1n) is 13.5. The fourth-order valence-electron chi connectivity index (χ4n) is 4.10. The van der Waals surface area contributed by atoms with Crippen molar-refractivity contribution >= 4 is 12.1 Å². The highest BCUT2D eigenvalue weighted by atomic mass is 16.7. The van der Waals surface area contributed by atoms with Crippen LogP contribution in [0, 0.1) is 0 Å². The Labute approximate surface area is 231 Å². The Kier molecular flexibility index (Phi) is 11.7. The molecule has 0 spiro atoms. The van der Waals surface area contributed by atoms with E-state index in [-0.39, 0.29) is 5.97 Å². The molecule has 214 valence electrons. The lowest BCUT2D eigenvalue weighted by molar-refractivity contribution is -0.183. The highest BCUT2D eigenvalue weighted by Gasteiger charge is 2.34. The van der Waals surface area contributed by atoms with E-state index < -0.39 is 17.3 Å². The summed E-state index contributed by atoms with van der Waals surface area (Å²) in [6.07, 6.45) is 1.34. The number of benzene rings is 2. The maximum atomic E-state index is 12.4. The first-order chi connectivity index (χ1) is 18.6. The third kappa shape index (κ3) is 11.7. The Morgan fingerprint density at radius 3 is 2.21 bits per heavy atom. The molecule has 0 saturated carbocycles. The van der Waals surface area contributed by atoms with Gasteiger partial charge < -0.3 is 29.1 Å². The number of rotatable bonds is 13. The van der Waals surface area contributed by atoms with Crippen LogP contribution >= 0.6 is 0 Å². The van der Waals surface area contributed by atoms with E-state index in [2.05, 4.69) is 5.32 Å². The molecule has 1 saturated heterocycles. The number of carbonyl (C=O) groups excluding carboxylic acids is 2. The third-order valence-corrected chi connectivity index (χ3v) is 6.00. The molecule has 3 rings (SSSR count). The van der Waals surface area contributed by atoms with Crippen LogP contribution in [-0.4, -0.2) is 67.8 Å². The van der Waals surface area contributed by atoms with Crippen LogP contribution in [0.15, 0.2) is 54.6 Å². The second-order valence-corrected chi connectivity index (χ2v) is 10.9. The maximum absolute atomic E-state index is 12.4. The molecule has 1 aliphatic rings. The summed E-state index contributed by atoms with van der Waals surface area (Å²) in [5, 5.41) is 4.37. The Morgan fingerprint density at radius 2 is 1.56 bits per heavy atom. The molecule has 0 aromatic heterocycles. The van der Waals surface area contributed by atoms with E-state index >= 15 is 0 Å². The molecule has 1 heterocycles. The number of nitrogens with zero attached hydrogens (tertiary/aromatic N) is 1. The highest BCUT2D eigenvalue weighted by molar-refractivity contribution is 5.89. The van der Waals surface area contributed by atoms with Crippen LogP contribution in [0.3, 0.4) is 0 Å². The monoisotopic (exact) mass is 542 g/mol. The summed E-state index contributed by atoms with van der Waals surface area (Å²) in [5.74, 6) is -0.351. The Morgan fingerprint density at radius 1 is 0.923 bits per heavy atom. The molecule has 0 radical (unpaired) electrons. The topological polar surface area (TPSA) is 95.6 Å². The van der Waals surface area contributed by atoms with Crippen molar-refractivity contribution in [2.75, 3.05) is 39.5 Å². The number of ether oxygens (including phenoxy) is 4. The molecule has 39 heavy (non-hydrogen) atoms. The molecule has 1 fully saturated rings. The molecule has 2 aromatic rings. The van der Waals surface area contributed by atoms with E-state index in [4.69, 9.17) is 23.8 Å². The molecule has 1 amide bonds. The van der Waals surface area contributed by atoms with E-state index in [1.807, 2.05) is 70.2 Å². The van der Waals surface area contributed by atoms with Crippen LogP contribution in [0.25, 0.3) is 0 Å². The fraction of sp³-hybridized carbons (Fsp3) is 0.533. The van der Waals surface area contributed by atoms with Gasteiger partial charge in [0.25, 0.3) is 0 Å². The highest BCUT2D eigenvalue weighted by Crippen LogP contribution is 2.25. The first-order valence-corrected chi connectivity index (χ1v) is 13.5. The standard InChI is InChI=1S/C30H42N2O7/c1-29(2,3)38-28(34)31-16-18-35-21-24-11-13-25(14-12-24)22-36-19-20-37-30(4)15-8-17-32(23-30)39-27(33)26-9-6-5-7-10-26/h5-7,9-14H,8,15-23H2,1-4H3,(H,31,34)/t30-/m1/s1. The molecule has 9 nitrogen and oxygen atoms in total. The van der Waals surface area contributed by atoms with Gasteiger partial charge in [0.05, 0.1) is 50.7 Å². The zero-order valence-electron chi connectivity index (χ0n) is 23.6. The van der Waals surface area contributed by atoms with Crippen molar-refractivity contribution in [1.82, 2.24) is 10.4 Å². The number of nitrogens with one attached hydrogen (secondary N) is 1. The van der Waals surface area contributed by atoms with Crippen LogP contribution in [0.4, 0.5) is 4.79 Å². The van der Waals surface area contributed by atoms with E-state index in [1.165, 1.54) is 0 Å². The van der Waals surface area contributed by atoms with Gasteiger partial charge in [-0.15, -0.1) is 5.06 Å². The minimum absolute atomic E-state index is 0.351. The number of piperidine rings is 1. The van der Waals surface area contributed by atoms with Gasteiger partial charge in [0.15, 0.2) is 0 Å². The Hall–Kier alpha value is -2.98. The predicted molar refractivity (Wildman–Crippen MR) is 147 cm³/mol. The van der Waals surface area contributed by atoms with Crippen molar-refractivity contribution in [3.8, 4) is 0 Å². The summed E-state index contributed by atoms with van der Waals surface area (Å²) < 4.78 is 22.8. The molecular formula is C30H42N2O7. The largest absolute Gasteiger partial charge is 0.444 e. The summed E-state index contributed by atoms with van der Waals surface area (Å²) in [6, 6.07) is 17.0. The van der Waals surface area contributed by atoms with Crippen molar-refractivity contribution in [2.24, 2.45) is 0 Å². The van der Waals surface area contributed by atoms with Gasteiger partial charge in [0.1, 0.15) is 5.60 Å². The Bertz CT molecular complexity index is 1020. The lowest BCUT2D eigenvalue weighted by Gasteiger charge is -2.38. The average Bonchev–Trinajstić information content (AvgIpc) is 2.88. The number of carbonyl (C=O) groups is 2. The molecule has 2 aromatic carbocycles. The van der Waals surface area contributed by atoms with E-state index in [0.717, 1.165) is 24.0 Å². The number of hydrogen-bond acceptors (Lipinski definition) is 8. The lowest BCUT2D eigenvalue weighted by atomic mass is 9.96. The number of hydroxylamine groups is 2. The van der Waals surface area contributed by atoms with Gasteiger partial charge >= 0.3 is 12.1 Å². The molecule has 1 N–H and O–H groups in total. The molecule has 0 bridgehead atoms. The number of amides is 1. The second kappa shape index (κ2) is 15.0. The molecular weight excluding hydrogens is 500 g/mol. The average molecular weight is 543 g/mol. The minimum Gasteiger partial charge on any atom is -0.444 e. The summed E-state index contributed by atoms with van der Waals surface area (Å²) >= 11 is 0. The molecule has 1 aliphatic heterocycles. The van der Waals surface area contributed by atoms with Crippen molar-refractivity contribution in [2.45, 2.75) is 65.0 Å². The minimum atomic E-state index is -0.514. The van der Waals surface area contributed by atoms with Crippen LogP contribution < -0.4 is 5.32 Å². The summed E-state index contributed by atoms with van der Waals surface area (Å²) in [6.45, 7) is 11.4. The molecule has 0 unspecified atom stereocenters. The van der Waals surface area contributed by atoms with Gasteiger partial charge in [-0.05, 0) is 63.8 Å². The van der Waals surface area contributed by atoms with Gasteiger partial charge in [0, 0.05) is 13.1 Å². The zero-order chi connectivity index (χ0) is 28.1. The van der Waals surface area contributed by atoms with Crippen LogP contribution in [0.5, 0.6) is 0 Å².